The number of hydrogen-bond donors (Lipinski definition) is 2. The Morgan fingerprint density at radius 1 is 0.557 bits per heavy atom. The van der Waals surface area contributed by atoms with Crippen LogP contribution < -0.4 is 5.32 Å². The minimum Gasteiger partial charge on any atom is -0.481 e. The molecular formula is C46H46N4O11. The topological polar surface area (TPSA) is 197 Å². The van der Waals surface area contributed by atoms with Gasteiger partial charge in [0.15, 0.2) is 0 Å². The number of carbonyl (C=O) groups is 8. The van der Waals surface area contributed by atoms with Crippen molar-refractivity contribution in [1.29, 1.82) is 0 Å². The van der Waals surface area contributed by atoms with Crippen molar-refractivity contribution >= 4 is 47.7 Å². The third kappa shape index (κ3) is 11.1. The van der Waals surface area contributed by atoms with Crippen molar-refractivity contribution < 1.29 is 52.9 Å². The van der Waals surface area contributed by atoms with Crippen LogP contribution in [0.4, 0.5) is 9.59 Å². The van der Waals surface area contributed by atoms with Crippen LogP contribution in [0, 0.1) is 0 Å². The fourth-order valence-electron chi connectivity index (χ4n) is 7.33. The molecule has 0 radical (unpaired) electrons. The Bertz CT molecular complexity index is 2200. The van der Waals surface area contributed by atoms with Gasteiger partial charge in [-0.3, -0.25) is 38.6 Å². The van der Waals surface area contributed by atoms with E-state index in [1.165, 1.54) is 20.3 Å². The SMILES string of the molecule is O=C(O)CCCCN1C(=O)c2ccccc2C1=O.O=C1NC(Cc2ccccc2)CO1.O=C1c2ccccc2C(=O)N1CCCCC(=O)N1C(=O)OC[C@H]1Cc1ccccc1. The van der Waals surface area contributed by atoms with Crippen molar-refractivity contribution in [2.45, 2.75) is 63.5 Å². The number of carbonyl (C=O) groups excluding carboxylic acids is 7. The van der Waals surface area contributed by atoms with Gasteiger partial charge in [-0.2, -0.15) is 0 Å². The van der Waals surface area contributed by atoms with Gasteiger partial charge in [0.05, 0.1) is 34.3 Å². The molecule has 0 aliphatic carbocycles. The highest BCUT2D eigenvalue weighted by atomic mass is 16.6. The molecule has 7 amide bonds. The van der Waals surface area contributed by atoms with E-state index in [0.29, 0.717) is 61.0 Å². The van der Waals surface area contributed by atoms with Gasteiger partial charge in [0.25, 0.3) is 23.6 Å². The first-order valence-electron chi connectivity index (χ1n) is 20.1. The minimum absolute atomic E-state index is 0.0587. The molecule has 4 aliphatic rings. The summed E-state index contributed by atoms with van der Waals surface area (Å²) in [6.07, 6.45) is 2.62. The quantitative estimate of drug-likeness (QED) is 0.113. The summed E-state index contributed by atoms with van der Waals surface area (Å²) in [5.41, 5.74) is 3.95. The highest BCUT2D eigenvalue weighted by Crippen LogP contribution is 2.25. The Balaban J connectivity index is 0.000000170. The summed E-state index contributed by atoms with van der Waals surface area (Å²) < 4.78 is 9.88. The summed E-state index contributed by atoms with van der Waals surface area (Å²) >= 11 is 0. The molecule has 0 bridgehead atoms. The molecular weight excluding hydrogens is 785 g/mol. The van der Waals surface area contributed by atoms with Crippen LogP contribution in [0.2, 0.25) is 0 Å². The molecule has 4 aromatic rings. The Labute approximate surface area is 352 Å². The van der Waals surface area contributed by atoms with E-state index < -0.39 is 12.1 Å². The standard InChI is InChI=1S/C23H22N2O5.C13H13NO4.C10H11NO2/c26-20(25-17(15-30-23(25)29)14-16-8-2-1-3-9-16)12-6-7-13-24-21(27)18-10-4-5-11-19(18)22(24)28;15-11(16)7-3-4-8-14-12(17)9-5-1-2-6-10(9)13(14)18;12-10-11-9(7-13-10)6-8-4-2-1-3-5-8/h1-5,8-11,17H,6-7,12-15H2;1-2,5-6H,3-4,7-8H2,(H,15,16);1-5,9H,6-7H2,(H,11,12)/t17-;;/m1../s1. The van der Waals surface area contributed by atoms with Gasteiger partial charge in [-0.15, -0.1) is 0 Å². The molecule has 15 nitrogen and oxygen atoms in total. The van der Waals surface area contributed by atoms with Crippen molar-refractivity contribution in [2.24, 2.45) is 0 Å². The van der Waals surface area contributed by atoms with Crippen molar-refractivity contribution in [2.75, 3.05) is 26.3 Å². The van der Waals surface area contributed by atoms with Crippen molar-refractivity contribution in [3.63, 3.8) is 0 Å². The predicted molar refractivity (Wildman–Crippen MR) is 220 cm³/mol. The number of carboxylic acid groups (broad SMARTS) is 1. The van der Waals surface area contributed by atoms with Crippen LogP contribution in [-0.4, -0.2) is 106 Å². The molecule has 4 heterocycles. The predicted octanol–water partition coefficient (Wildman–Crippen LogP) is 5.92. The molecule has 2 fully saturated rings. The van der Waals surface area contributed by atoms with E-state index in [1.807, 2.05) is 60.7 Å². The van der Waals surface area contributed by atoms with Crippen molar-refractivity contribution in [1.82, 2.24) is 20.0 Å². The third-order valence-electron chi connectivity index (χ3n) is 10.4. The lowest BCUT2D eigenvalue weighted by molar-refractivity contribution is -0.137. The summed E-state index contributed by atoms with van der Waals surface area (Å²) in [6.45, 7) is 1.19. The number of carboxylic acids is 1. The van der Waals surface area contributed by atoms with Gasteiger partial charge in [-0.05, 0) is 73.9 Å². The van der Waals surface area contributed by atoms with E-state index in [9.17, 15) is 38.4 Å². The lowest BCUT2D eigenvalue weighted by atomic mass is 10.1. The highest BCUT2D eigenvalue weighted by molar-refractivity contribution is 6.22. The lowest BCUT2D eigenvalue weighted by Crippen LogP contribution is -2.40. The Kier molecular flexibility index (Phi) is 14.7. The Morgan fingerprint density at radius 3 is 1.44 bits per heavy atom. The molecule has 0 saturated carbocycles. The largest absolute Gasteiger partial charge is 0.481 e. The normalized spacial score (nSPS) is 17.4. The summed E-state index contributed by atoms with van der Waals surface area (Å²) in [4.78, 5) is 98.0. The van der Waals surface area contributed by atoms with Gasteiger partial charge in [0, 0.05) is 25.9 Å². The molecule has 316 valence electrons. The van der Waals surface area contributed by atoms with Gasteiger partial charge in [0.1, 0.15) is 13.2 Å². The first-order valence-corrected chi connectivity index (χ1v) is 20.1. The molecule has 0 aromatic heterocycles. The minimum atomic E-state index is -0.864. The van der Waals surface area contributed by atoms with E-state index in [2.05, 4.69) is 5.32 Å². The number of benzene rings is 4. The van der Waals surface area contributed by atoms with Crippen molar-refractivity contribution in [3.05, 3.63) is 143 Å². The molecule has 2 N–H and O–H groups in total. The van der Waals surface area contributed by atoms with Crippen LogP contribution >= 0.6 is 0 Å². The van der Waals surface area contributed by atoms with Gasteiger partial charge < -0.3 is 19.9 Å². The first-order chi connectivity index (χ1) is 29.5. The number of aliphatic carboxylic acids is 1. The molecule has 61 heavy (non-hydrogen) atoms. The number of cyclic esters (lactones) is 2. The molecule has 4 aromatic carbocycles. The van der Waals surface area contributed by atoms with Crippen LogP contribution in [0.1, 0.15) is 91.1 Å². The zero-order valence-electron chi connectivity index (χ0n) is 33.4. The van der Waals surface area contributed by atoms with Crippen LogP contribution in [-0.2, 0) is 31.9 Å². The number of unbranched alkanes of at least 4 members (excludes halogenated alkanes) is 2. The average Bonchev–Trinajstić information content (AvgIpc) is 3.98. The van der Waals surface area contributed by atoms with Gasteiger partial charge >= 0.3 is 18.2 Å². The molecule has 2 atom stereocenters. The molecule has 0 spiro atoms. The second-order valence-electron chi connectivity index (χ2n) is 14.7. The maximum absolute atomic E-state index is 12.6. The van der Waals surface area contributed by atoms with E-state index in [1.54, 1.807) is 48.5 Å². The first kappa shape index (κ1) is 43.4. The van der Waals surface area contributed by atoms with Crippen LogP contribution in [0.3, 0.4) is 0 Å². The average molecular weight is 831 g/mol. The zero-order chi connectivity index (χ0) is 43.3. The summed E-state index contributed by atoms with van der Waals surface area (Å²) in [5, 5.41) is 11.2. The van der Waals surface area contributed by atoms with Gasteiger partial charge in [-0.25, -0.2) is 14.5 Å². The number of ether oxygens (including phenoxy) is 2. The number of hydrogen-bond acceptors (Lipinski definition) is 10. The van der Waals surface area contributed by atoms with Gasteiger partial charge in [-0.1, -0.05) is 84.9 Å². The summed E-state index contributed by atoms with van der Waals surface area (Å²) in [7, 11) is 0. The summed E-state index contributed by atoms with van der Waals surface area (Å²) in [5.74, 6) is -2.32. The van der Waals surface area contributed by atoms with Crippen LogP contribution in [0.25, 0.3) is 0 Å². The molecule has 15 heteroatoms. The highest BCUT2D eigenvalue weighted by Gasteiger charge is 2.38. The third-order valence-corrected chi connectivity index (χ3v) is 10.4. The van der Waals surface area contributed by atoms with E-state index in [0.717, 1.165) is 12.0 Å². The second-order valence-corrected chi connectivity index (χ2v) is 14.7. The maximum atomic E-state index is 12.6. The summed E-state index contributed by atoms with van der Waals surface area (Å²) in [6, 6.07) is 33.0. The fourth-order valence-corrected chi connectivity index (χ4v) is 7.33. The van der Waals surface area contributed by atoms with E-state index in [4.69, 9.17) is 14.6 Å². The number of amides is 7. The number of nitrogens with one attached hydrogen (secondary N) is 1. The fraction of sp³-hybridized carbons (Fsp3) is 0.304. The molecule has 8 rings (SSSR count). The smallest absolute Gasteiger partial charge is 0.416 e. The van der Waals surface area contributed by atoms with E-state index >= 15 is 0 Å². The number of nitrogens with zero attached hydrogens (tertiary/aromatic N) is 3. The van der Waals surface area contributed by atoms with Crippen LogP contribution in [0.5, 0.6) is 0 Å². The van der Waals surface area contributed by atoms with Gasteiger partial charge in [0.2, 0.25) is 5.91 Å². The number of imide groups is 3. The monoisotopic (exact) mass is 830 g/mol. The lowest BCUT2D eigenvalue weighted by Gasteiger charge is -2.20. The Morgan fingerprint density at radius 2 is 1.00 bits per heavy atom. The molecule has 2 saturated heterocycles. The zero-order valence-corrected chi connectivity index (χ0v) is 33.4. The van der Waals surface area contributed by atoms with Crippen LogP contribution in [0.15, 0.2) is 109 Å². The number of alkyl carbamates (subject to hydrolysis) is 1. The Hall–Kier alpha value is -7.16. The van der Waals surface area contributed by atoms with E-state index in [-0.39, 0.29) is 80.3 Å². The molecule has 4 aliphatic heterocycles. The number of fused-ring (bicyclic) bond motifs is 2. The number of rotatable bonds is 14. The van der Waals surface area contributed by atoms with Crippen molar-refractivity contribution in [3.8, 4) is 0 Å². The maximum Gasteiger partial charge on any atom is 0.416 e. The molecule has 1 unspecified atom stereocenters. The second kappa shape index (κ2) is 20.7.